The molecule has 0 fully saturated rings. The second-order valence-corrected chi connectivity index (χ2v) is 2.72. The van der Waals surface area contributed by atoms with Crippen LogP contribution in [-0.4, -0.2) is 21.1 Å². The summed E-state index contributed by atoms with van der Waals surface area (Å²) < 4.78 is 1.65. The van der Waals surface area contributed by atoms with Crippen molar-refractivity contribution in [1.82, 2.24) is 14.6 Å². The number of hydrogen-bond donors (Lipinski definition) is 2. The molecule has 0 atom stereocenters. The molecule has 0 aliphatic carbocycles. The van der Waals surface area contributed by atoms with Crippen LogP contribution in [0.5, 0.6) is 0 Å². The van der Waals surface area contributed by atoms with E-state index in [9.17, 15) is 0 Å². The quantitative estimate of drug-likeness (QED) is 0.710. The summed E-state index contributed by atoms with van der Waals surface area (Å²) in [4.78, 5) is 4.05. The van der Waals surface area contributed by atoms with E-state index in [1.54, 1.807) is 4.52 Å². The first kappa shape index (κ1) is 7.85. The predicted molar refractivity (Wildman–Crippen MR) is 51.6 cm³/mol. The molecule has 0 saturated heterocycles. The number of nitrogens with zero attached hydrogens (tertiary/aromatic N) is 3. The summed E-state index contributed by atoms with van der Waals surface area (Å²) in [5, 5.41) is 7.16. The highest BCUT2D eigenvalue weighted by Crippen LogP contribution is 2.10. The Morgan fingerprint density at radius 2 is 2.46 bits per heavy atom. The van der Waals surface area contributed by atoms with E-state index in [1.165, 1.54) is 0 Å². The Morgan fingerprint density at radius 3 is 3.23 bits per heavy atom. The lowest BCUT2D eigenvalue weighted by Gasteiger charge is -2.01. The second-order valence-electron chi connectivity index (χ2n) is 2.72. The standard InChI is InChI=1S/C8H11N5/c1-2-10-6-3-4-13-7(5-6)11-8(9)12-13/h3-5,10H,2H2,1H3,(H2,9,12). The molecule has 0 saturated carbocycles. The molecule has 2 rings (SSSR count). The van der Waals surface area contributed by atoms with Gasteiger partial charge in [-0.15, -0.1) is 5.10 Å². The highest BCUT2D eigenvalue weighted by Gasteiger charge is 1.99. The molecule has 0 radical (unpaired) electrons. The zero-order chi connectivity index (χ0) is 9.26. The van der Waals surface area contributed by atoms with Gasteiger partial charge in [-0.25, -0.2) is 4.52 Å². The van der Waals surface area contributed by atoms with Crippen molar-refractivity contribution in [2.75, 3.05) is 17.6 Å². The maximum absolute atomic E-state index is 5.45. The average molecular weight is 177 g/mol. The molecule has 5 heteroatoms. The van der Waals surface area contributed by atoms with E-state index in [4.69, 9.17) is 5.73 Å². The Hall–Kier alpha value is -1.78. The van der Waals surface area contributed by atoms with Gasteiger partial charge in [-0.1, -0.05) is 0 Å². The van der Waals surface area contributed by atoms with Crippen molar-refractivity contribution in [1.29, 1.82) is 0 Å². The minimum atomic E-state index is 0.300. The highest BCUT2D eigenvalue weighted by molar-refractivity contribution is 5.55. The summed E-state index contributed by atoms with van der Waals surface area (Å²) >= 11 is 0. The van der Waals surface area contributed by atoms with E-state index in [1.807, 2.05) is 25.3 Å². The van der Waals surface area contributed by atoms with Crippen LogP contribution in [0.2, 0.25) is 0 Å². The first-order chi connectivity index (χ1) is 6.29. The maximum Gasteiger partial charge on any atom is 0.240 e. The Morgan fingerprint density at radius 1 is 1.62 bits per heavy atom. The molecule has 0 amide bonds. The minimum absolute atomic E-state index is 0.300. The lowest BCUT2D eigenvalue weighted by Crippen LogP contribution is -1.97. The maximum atomic E-state index is 5.45. The molecule has 13 heavy (non-hydrogen) atoms. The molecule has 0 bridgehead atoms. The monoisotopic (exact) mass is 177 g/mol. The lowest BCUT2D eigenvalue weighted by atomic mass is 10.4. The van der Waals surface area contributed by atoms with Crippen molar-refractivity contribution in [2.24, 2.45) is 0 Å². The molecule has 2 aromatic rings. The molecule has 0 aliphatic rings. The van der Waals surface area contributed by atoms with Crippen LogP contribution in [-0.2, 0) is 0 Å². The zero-order valence-electron chi connectivity index (χ0n) is 7.36. The van der Waals surface area contributed by atoms with Gasteiger partial charge in [0.25, 0.3) is 0 Å². The third kappa shape index (κ3) is 1.40. The number of fused-ring (bicyclic) bond motifs is 1. The Balaban J connectivity index is 2.48. The molecular formula is C8H11N5. The van der Waals surface area contributed by atoms with Gasteiger partial charge >= 0.3 is 0 Å². The summed E-state index contributed by atoms with van der Waals surface area (Å²) in [6.45, 7) is 2.93. The van der Waals surface area contributed by atoms with Crippen LogP contribution >= 0.6 is 0 Å². The topological polar surface area (TPSA) is 68.2 Å². The van der Waals surface area contributed by atoms with Crippen molar-refractivity contribution in [2.45, 2.75) is 6.92 Å². The van der Waals surface area contributed by atoms with Crippen LogP contribution in [0.1, 0.15) is 6.92 Å². The van der Waals surface area contributed by atoms with E-state index >= 15 is 0 Å². The second kappa shape index (κ2) is 2.93. The van der Waals surface area contributed by atoms with Crippen molar-refractivity contribution >= 4 is 17.3 Å². The Kier molecular flexibility index (Phi) is 1.77. The SMILES string of the molecule is CCNc1ccn2nc(N)nc2c1. The molecule has 3 N–H and O–H groups in total. The Bertz CT molecular complexity index is 419. The smallest absolute Gasteiger partial charge is 0.240 e. The van der Waals surface area contributed by atoms with Crippen LogP contribution in [0.4, 0.5) is 11.6 Å². The largest absolute Gasteiger partial charge is 0.385 e. The summed E-state index contributed by atoms with van der Waals surface area (Å²) in [6, 6.07) is 3.84. The van der Waals surface area contributed by atoms with E-state index in [0.29, 0.717) is 5.95 Å². The van der Waals surface area contributed by atoms with Gasteiger partial charge in [-0.2, -0.15) is 4.98 Å². The number of anilines is 2. The molecule has 0 aliphatic heterocycles. The number of nitrogens with one attached hydrogen (secondary N) is 1. The summed E-state index contributed by atoms with van der Waals surface area (Å²) in [5.74, 6) is 0.300. The van der Waals surface area contributed by atoms with Crippen molar-refractivity contribution in [3.8, 4) is 0 Å². The molecule has 0 aromatic carbocycles. The van der Waals surface area contributed by atoms with Crippen LogP contribution in [0.3, 0.4) is 0 Å². The van der Waals surface area contributed by atoms with Crippen LogP contribution in [0.25, 0.3) is 5.65 Å². The van der Waals surface area contributed by atoms with E-state index < -0.39 is 0 Å². The summed E-state index contributed by atoms with van der Waals surface area (Å²) in [5.41, 5.74) is 7.24. The number of rotatable bonds is 2. The zero-order valence-corrected chi connectivity index (χ0v) is 7.36. The van der Waals surface area contributed by atoms with Crippen LogP contribution in [0.15, 0.2) is 18.3 Å². The van der Waals surface area contributed by atoms with Crippen molar-refractivity contribution in [3.05, 3.63) is 18.3 Å². The molecule has 0 unspecified atom stereocenters. The Labute approximate surface area is 75.6 Å². The first-order valence-electron chi connectivity index (χ1n) is 4.15. The van der Waals surface area contributed by atoms with Gasteiger partial charge in [0.2, 0.25) is 5.95 Å². The number of nitrogens with two attached hydrogens (primary N) is 1. The summed E-state index contributed by atoms with van der Waals surface area (Å²) in [6.07, 6.45) is 1.83. The summed E-state index contributed by atoms with van der Waals surface area (Å²) in [7, 11) is 0. The third-order valence-electron chi connectivity index (χ3n) is 1.73. The van der Waals surface area contributed by atoms with Gasteiger partial charge in [0, 0.05) is 24.5 Å². The number of aromatic nitrogens is 3. The van der Waals surface area contributed by atoms with Gasteiger partial charge in [0.05, 0.1) is 0 Å². The first-order valence-corrected chi connectivity index (χ1v) is 4.15. The highest BCUT2D eigenvalue weighted by atomic mass is 15.3. The van der Waals surface area contributed by atoms with Gasteiger partial charge in [0.1, 0.15) is 0 Å². The van der Waals surface area contributed by atoms with Gasteiger partial charge in [-0.05, 0) is 13.0 Å². The number of pyridine rings is 1. The van der Waals surface area contributed by atoms with Crippen LogP contribution in [0, 0.1) is 0 Å². The van der Waals surface area contributed by atoms with E-state index in [0.717, 1.165) is 17.9 Å². The van der Waals surface area contributed by atoms with E-state index in [-0.39, 0.29) is 0 Å². The predicted octanol–water partition coefficient (Wildman–Crippen LogP) is 0.743. The number of hydrogen-bond acceptors (Lipinski definition) is 4. The molecule has 68 valence electrons. The van der Waals surface area contributed by atoms with Crippen molar-refractivity contribution in [3.63, 3.8) is 0 Å². The third-order valence-corrected chi connectivity index (χ3v) is 1.73. The van der Waals surface area contributed by atoms with Crippen LogP contribution < -0.4 is 11.1 Å². The van der Waals surface area contributed by atoms with Gasteiger partial charge in [0.15, 0.2) is 5.65 Å². The normalized spacial score (nSPS) is 10.5. The minimum Gasteiger partial charge on any atom is -0.385 e. The molecular weight excluding hydrogens is 166 g/mol. The molecule has 2 aromatic heterocycles. The molecule has 5 nitrogen and oxygen atoms in total. The fourth-order valence-electron chi connectivity index (χ4n) is 1.21. The van der Waals surface area contributed by atoms with Gasteiger partial charge in [-0.3, -0.25) is 0 Å². The fraction of sp³-hybridized carbons (Fsp3) is 0.250. The molecule has 0 spiro atoms. The lowest BCUT2D eigenvalue weighted by molar-refractivity contribution is 0.967. The van der Waals surface area contributed by atoms with Crippen molar-refractivity contribution < 1.29 is 0 Å². The fourth-order valence-corrected chi connectivity index (χ4v) is 1.21. The van der Waals surface area contributed by atoms with E-state index in [2.05, 4.69) is 15.4 Å². The average Bonchev–Trinajstić information content (AvgIpc) is 2.44. The van der Waals surface area contributed by atoms with Gasteiger partial charge < -0.3 is 11.1 Å². The number of nitrogen functional groups attached to an aromatic ring is 1. The molecule has 2 heterocycles.